The van der Waals surface area contributed by atoms with Crippen LogP contribution in [0.4, 0.5) is 0 Å². The standard InChI is InChI=1S/C26H34N2O5/c1-19(2)26(21-10-11-22-23(16-21)33-15-7-14-32-22)27-24(29)18-28(13-12-25(30)31-3)17-20-8-5-4-6-9-20/h4-6,8-11,16,19,26H,7,12-15,17-18H2,1-3H3,(H,27,29). The minimum atomic E-state index is -0.291. The number of hydrogen-bond acceptors (Lipinski definition) is 6. The van der Waals surface area contributed by atoms with Gasteiger partial charge in [0.05, 0.1) is 39.3 Å². The predicted octanol–water partition coefficient (Wildman–Crippen LogP) is 3.73. The molecule has 0 fully saturated rings. The summed E-state index contributed by atoms with van der Waals surface area (Å²) in [4.78, 5) is 26.7. The van der Waals surface area contributed by atoms with Crippen LogP contribution in [0.5, 0.6) is 11.5 Å². The Balaban J connectivity index is 1.69. The van der Waals surface area contributed by atoms with E-state index in [1.54, 1.807) is 0 Å². The van der Waals surface area contributed by atoms with Gasteiger partial charge in [-0.1, -0.05) is 50.2 Å². The third-order valence-corrected chi connectivity index (χ3v) is 5.59. The van der Waals surface area contributed by atoms with E-state index in [4.69, 9.17) is 14.2 Å². The molecule has 3 rings (SSSR count). The number of nitrogens with zero attached hydrogens (tertiary/aromatic N) is 1. The van der Waals surface area contributed by atoms with Crippen molar-refractivity contribution in [3.8, 4) is 11.5 Å². The first-order chi connectivity index (χ1) is 16.0. The number of ether oxygens (including phenoxy) is 3. The van der Waals surface area contributed by atoms with Gasteiger partial charge in [0.25, 0.3) is 0 Å². The SMILES string of the molecule is COC(=O)CCN(CC(=O)NC(c1ccc2c(c1)OCCCO2)C(C)C)Cc1ccccc1. The number of amides is 1. The van der Waals surface area contributed by atoms with Gasteiger partial charge >= 0.3 is 5.97 Å². The van der Waals surface area contributed by atoms with Crippen molar-refractivity contribution >= 4 is 11.9 Å². The fourth-order valence-corrected chi connectivity index (χ4v) is 3.84. The number of fused-ring (bicyclic) bond motifs is 1. The molecule has 0 saturated heterocycles. The summed E-state index contributed by atoms with van der Waals surface area (Å²) in [5.41, 5.74) is 2.06. The largest absolute Gasteiger partial charge is 0.490 e. The first-order valence-corrected chi connectivity index (χ1v) is 11.5. The molecule has 2 aromatic carbocycles. The molecule has 33 heavy (non-hydrogen) atoms. The molecule has 0 radical (unpaired) electrons. The second kappa shape index (κ2) is 12.3. The third kappa shape index (κ3) is 7.49. The summed E-state index contributed by atoms with van der Waals surface area (Å²) in [6.45, 7) is 6.59. The van der Waals surface area contributed by atoms with Gasteiger partial charge in [-0.2, -0.15) is 0 Å². The van der Waals surface area contributed by atoms with Gasteiger partial charge in [-0.3, -0.25) is 14.5 Å². The van der Waals surface area contributed by atoms with Crippen LogP contribution in [0.3, 0.4) is 0 Å². The van der Waals surface area contributed by atoms with E-state index in [2.05, 4.69) is 19.2 Å². The number of benzene rings is 2. The van der Waals surface area contributed by atoms with Crippen LogP contribution in [-0.4, -0.2) is 50.2 Å². The molecule has 1 heterocycles. The Labute approximate surface area is 196 Å². The zero-order valence-corrected chi connectivity index (χ0v) is 19.7. The summed E-state index contributed by atoms with van der Waals surface area (Å²) >= 11 is 0. The van der Waals surface area contributed by atoms with E-state index in [1.807, 2.05) is 53.4 Å². The maximum atomic E-state index is 13.1. The lowest BCUT2D eigenvalue weighted by Gasteiger charge is -2.26. The Morgan fingerprint density at radius 1 is 1.06 bits per heavy atom. The van der Waals surface area contributed by atoms with Gasteiger partial charge in [-0.05, 0) is 29.2 Å². The summed E-state index contributed by atoms with van der Waals surface area (Å²) in [7, 11) is 1.37. The predicted molar refractivity (Wildman–Crippen MR) is 126 cm³/mol. The van der Waals surface area contributed by atoms with E-state index >= 15 is 0 Å². The molecule has 1 atom stereocenters. The Hall–Kier alpha value is -3.06. The molecule has 7 heteroatoms. The maximum Gasteiger partial charge on any atom is 0.306 e. The summed E-state index contributed by atoms with van der Waals surface area (Å²) in [6, 6.07) is 15.6. The van der Waals surface area contributed by atoms with Crippen LogP contribution in [-0.2, 0) is 20.9 Å². The van der Waals surface area contributed by atoms with Gasteiger partial charge in [-0.25, -0.2) is 0 Å². The summed E-state index contributed by atoms with van der Waals surface area (Å²) < 4.78 is 16.3. The average Bonchev–Trinajstić information content (AvgIpc) is 3.06. The van der Waals surface area contributed by atoms with Crippen molar-refractivity contribution in [2.75, 3.05) is 33.4 Å². The van der Waals surface area contributed by atoms with E-state index in [1.165, 1.54) is 7.11 Å². The molecule has 0 saturated carbocycles. The number of rotatable bonds is 10. The van der Waals surface area contributed by atoms with Crippen molar-refractivity contribution in [3.63, 3.8) is 0 Å². The molecule has 2 aromatic rings. The van der Waals surface area contributed by atoms with Crippen molar-refractivity contribution in [3.05, 3.63) is 59.7 Å². The van der Waals surface area contributed by atoms with Crippen molar-refractivity contribution in [2.45, 2.75) is 39.3 Å². The van der Waals surface area contributed by atoms with E-state index in [9.17, 15) is 9.59 Å². The Morgan fingerprint density at radius 2 is 1.79 bits per heavy atom. The Morgan fingerprint density at radius 3 is 2.48 bits per heavy atom. The lowest BCUT2D eigenvalue weighted by atomic mass is 9.95. The minimum Gasteiger partial charge on any atom is -0.490 e. The fraction of sp³-hybridized carbons (Fsp3) is 0.462. The van der Waals surface area contributed by atoms with Gasteiger partial charge in [0.2, 0.25) is 5.91 Å². The van der Waals surface area contributed by atoms with Crippen molar-refractivity contribution in [1.82, 2.24) is 10.2 Å². The molecule has 1 unspecified atom stereocenters. The van der Waals surface area contributed by atoms with Crippen molar-refractivity contribution in [2.24, 2.45) is 5.92 Å². The zero-order chi connectivity index (χ0) is 23.6. The maximum absolute atomic E-state index is 13.1. The first-order valence-electron chi connectivity index (χ1n) is 11.5. The third-order valence-electron chi connectivity index (χ3n) is 5.59. The number of hydrogen-bond donors (Lipinski definition) is 1. The van der Waals surface area contributed by atoms with Gasteiger partial charge in [-0.15, -0.1) is 0 Å². The number of methoxy groups -OCH3 is 1. The van der Waals surface area contributed by atoms with Gasteiger partial charge in [0.15, 0.2) is 11.5 Å². The second-order valence-corrected chi connectivity index (χ2v) is 8.57. The number of carbonyl (C=O) groups excluding carboxylic acids is 2. The highest BCUT2D eigenvalue weighted by molar-refractivity contribution is 5.78. The van der Waals surface area contributed by atoms with E-state index in [0.717, 1.165) is 23.3 Å². The quantitative estimate of drug-likeness (QED) is 0.552. The number of carbonyl (C=O) groups is 2. The summed E-state index contributed by atoms with van der Waals surface area (Å²) in [5.74, 6) is 1.24. The fourth-order valence-electron chi connectivity index (χ4n) is 3.84. The molecule has 0 aromatic heterocycles. The van der Waals surface area contributed by atoms with Gasteiger partial charge in [0.1, 0.15) is 0 Å². The number of esters is 1. The molecule has 178 valence electrons. The van der Waals surface area contributed by atoms with Crippen LogP contribution < -0.4 is 14.8 Å². The molecule has 1 amide bonds. The zero-order valence-electron chi connectivity index (χ0n) is 19.7. The van der Waals surface area contributed by atoms with Crippen LogP contribution in [0.15, 0.2) is 48.5 Å². The van der Waals surface area contributed by atoms with E-state index in [0.29, 0.717) is 32.1 Å². The molecule has 0 aliphatic carbocycles. The van der Waals surface area contributed by atoms with Crippen molar-refractivity contribution < 1.29 is 23.8 Å². The average molecular weight is 455 g/mol. The van der Waals surface area contributed by atoms with Gasteiger partial charge < -0.3 is 19.5 Å². The van der Waals surface area contributed by atoms with Crippen LogP contribution >= 0.6 is 0 Å². The summed E-state index contributed by atoms with van der Waals surface area (Å²) in [5, 5.41) is 3.18. The minimum absolute atomic E-state index is 0.0957. The summed E-state index contributed by atoms with van der Waals surface area (Å²) in [6.07, 6.45) is 1.07. The molecule has 1 aliphatic rings. The van der Waals surface area contributed by atoms with Gasteiger partial charge in [0, 0.05) is 19.5 Å². The van der Waals surface area contributed by atoms with Crippen LogP contribution in [0.25, 0.3) is 0 Å². The highest BCUT2D eigenvalue weighted by atomic mass is 16.5. The molecule has 7 nitrogen and oxygen atoms in total. The molecular weight excluding hydrogens is 420 g/mol. The molecule has 1 aliphatic heterocycles. The molecule has 0 spiro atoms. The highest BCUT2D eigenvalue weighted by Gasteiger charge is 2.22. The van der Waals surface area contributed by atoms with Crippen LogP contribution in [0.1, 0.15) is 43.9 Å². The van der Waals surface area contributed by atoms with Crippen molar-refractivity contribution in [1.29, 1.82) is 0 Å². The molecule has 1 N–H and O–H groups in total. The van der Waals surface area contributed by atoms with E-state index < -0.39 is 0 Å². The second-order valence-electron chi connectivity index (χ2n) is 8.57. The lowest BCUT2D eigenvalue weighted by Crippen LogP contribution is -2.40. The lowest BCUT2D eigenvalue weighted by molar-refractivity contribution is -0.141. The Kier molecular flexibility index (Phi) is 9.13. The first kappa shape index (κ1) is 24.6. The monoisotopic (exact) mass is 454 g/mol. The highest BCUT2D eigenvalue weighted by Crippen LogP contribution is 2.34. The van der Waals surface area contributed by atoms with Crippen LogP contribution in [0.2, 0.25) is 0 Å². The Bertz CT molecular complexity index is 916. The van der Waals surface area contributed by atoms with E-state index in [-0.39, 0.29) is 36.8 Å². The number of nitrogens with one attached hydrogen (secondary N) is 1. The van der Waals surface area contributed by atoms with Crippen LogP contribution in [0, 0.1) is 5.92 Å². The smallest absolute Gasteiger partial charge is 0.306 e. The molecule has 0 bridgehead atoms. The normalized spacial score (nSPS) is 14.0. The molecular formula is C26H34N2O5. The topological polar surface area (TPSA) is 77.1 Å².